The number of nitrogens with zero attached hydrogens (tertiary/aromatic N) is 1. The van der Waals surface area contributed by atoms with Crippen LogP contribution in [-0.4, -0.2) is 16.6 Å². The minimum Gasteiger partial charge on any atom is -0.393 e. The lowest BCUT2D eigenvalue weighted by molar-refractivity contribution is -0.384. The number of aryl methyl sites for hydroxylation is 1. The summed E-state index contributed by atoms with van der Waals surface area (Å²) in [5.41, 5.74) is 7.15. The van der Waals surface area contributed by atoms with E-state index >= 15 is 0 Å². The molecule has 3 N–H and O–H groups in total. The van der Waals surface area contributed by atoms with Crippen LogP contribution in [0.3, 0.4) is 0 Å². The number of benzene rings is 3. The minimum atomic E-state index is -0.627. The highest BCUT2D eigenvalue weighted by atomic mass is 16.6. The van der Waals surface area contributed by atoms with E-state index in [0.717, 1.165) is 0 Å². The molecule has 1 amide bonds. The van der Waals surface area contributed by atoms with E-state index in [1.54, 1.807) is 55.5 Å². The van der Waals surface area contributed by atoms with Gasteiger partial charge < -0.3 is 11.1 Å². The number of nitro benzene ring substituents is 1. The van der Waals surface area contributed by atoms with Crippen LogP contribution in [-0.2, 0) is 0 Å². The standard InChI is InChI=1S/C21H17N3O4/c1-13-10-17(19(22)18(11-13)24(27)28)21(26)23-16-9-5-8-15(12-16)20(25)14-6-3-2-4-7-14/h2-12H,22H2,1H3,(H,23,26). The molecule has 7 nitrogen and oxygen atoms in total. The van der Waals surface area contributed by atoms with E-state index in [1.165, 1.54) is 12.1 Å². The molecular formula is C21H17N3O4. The molecule has 0 saturated heterocycles. The molecule has 0 spiro atoms. The molecule has 0 bridgehead atoms. The number of rotatable bonds is 5. The summed E-state index contributed by atoms with van der Waals surface area (Å²) in [6.07, 6.45) is 0. The van der Waals surface area contributed by atoms with Crippen LogP contribution in [0.5, 0.6) is 0 Å². The van der Waals surface area contributed by atoms with Crippen molar-refractivity contribution in [2.24, 2.45) is 0 Å². The van der Waals surface area contributed by atoms with Gasteiger partial charge in [0.1, 0.15) is 5.69 Å². The lowest BCUT2D eigenvalue weighted by atomic mass is 10.0. The number of hydrogen-bond donors (Lipinski definition) is 2. The van der Waals surface area contributed by atoms with Crippen molar-refractivity contribution in [1.29, 1.82) is 0 Å². The number of nitrogen functional groups attached to an aromatic ring is 1. The average molecular weight is 375 g/mol. The molecule has 0 unspecified atom stereocenters. The number of hydrogen-bond acceptors (Lipinski definition) is 5. The van der Waals surface area contributed by atoms with E-state index in [4.69, 9.17) is 5.73 Å². The molecule has 3 aromatic rings. The number of amides is 1. The summed E-state index contributed by atoms with van der Waals surface area (Å²) in [7, 11) is 0. The van der Waals surface area contributed by atoms with Crippen LogP contribution in [0.25, 0.3) is 0 Å². The second-order valence-electron chi connectivity index (χ2n) is 6.23. The molecule has 0 aliphatic rings. The second-order valence-corrected chi connectivity index (χ2v) is 6.23. The Morgan fingerprint density at radius 1 is 0.964 bits per heavy atom. The smallest absolute Gasteiger partial charge is 0.293 e. The van der Waals surface area contributed by atoms with E-state index in [2.05, 4.69) is 5.32 Å². The Balaban J connectivity index is 1.88. The molecule has 7 heteroatoms. The van der Waals surface area contributed by atoms with Gasteiger partial charge in [-0.3, -0.25) is 19.7 Å². The Hall–Kier alpha value is -4.00. The molecule has 0 atom stereocenters. The van der Waals surface area contributed by atoms with Gasteiger partial charge in [0.15, 0.2) is 5.78 Å². The number of nitrogens with one attached hydrogen (secondary N) is 1. The molecule has 3 aromatic carbocycles. The van der Waals surface area contributed by atoms with Gasteiger partial charge in [-0.25, -0.2) is 0 Å². The quantitative estimate of drug-likeness (QED) is 0.303. The van der Waals surface area contributed by atoms with Gasteiger partial charge in [0.2, 0.25) is 0 Å². The topological polar surface area (TPSA) is 115 Å². The molecule has 28 heavy (non-hydrogen) atoms. The lowest BCUT2D eigenvalue weighted by Gasteiger charge is -2.10. The summed E-state index contributed by atoms with van der Waals surface area (Å²) in [6.45, 7) is 1.64. The average Bonchev–Trinajstić information content (AvgIpc) is 2.69. The number of carbonyl (C=O) groups is 2. The Morgan fingerprint density at radius 2 is 1.64 bits per heavy atom. The third-order valence-electron chi connectivity index (χ3n) is 4.16. The van der Waals surface area contributed by atoms with Crippen molar-refractivity contribution < 1.29 is 14.5 Å². The van der Waals surface area contributed by atoms with Gasteiger partial charge in [-0.15, -0.1) is 0 Å². The van der Waals surface area contributed by atoms with Crippen molar-refractivity contribution in [3.63, 3.8) is 0 Å². The van der Waals surface area contributed by atoms with Crippen molar-refractivity contribution >= 4 is 28.8 Å². The van der Waals surface area contributed by atoms with E-state index < -0.39 is 10.8 Å². The predicted molar refractivity (Wildman–Crippen MR) is 107 cm³/mol. The molecule has 0 saturated carbocycles. The number of nitro groups is 1. The normalized spacial score (nSPS) is 10.3. The van der Waals surface area contributed by atoms with E-state index in [9.17, 15) is 19.7 Å². The van der Waals surface area contributed by atoms with Crippen LogP contribution in [0.2, 0.25) is 0 Å². The maximum absolute atomic E-state index is 12.6. The van der Waals surface area contributed by atoms with Crippen LogP contribution < -0.4 is 11.1 Å². The Kier molecular flexibility index (Phi) is 5.17. The van der Waals surface area contributed by atoms with Crippen molar-refractivity contribution in [3.8, 4) is 0 Å². The van der Waals surface area contributed by atoms with Crippen LogP contribution in [0.15, 0.2) is 66.7 Å². The Morgan fingerprint density at radius 3 is 2.32 bits per heavy atom. The van der Waals surface area contributed by atoms with Crippen LogP contribution in [0.4, 0.5) is 17.1 Å². The van der Waals surface area contributed by atoms with E-state index in [-0.39, 0.29) is 22.7 Å². The highest BCUT2D eigenvalue weighted by molar-refractivity contribution is 6.11. The zero-order valence-corrected chi connectivity index (χ0v) is 15.0. The first kappa shape index (κ1) is 18.8. The fourth-order valence-corrected chi connectivity index (χ4v) is 2.81. The monoisotopic (exact) mass is 375 g/mol. The van der Waals surface area contributed by atoms with Gasteiger partial charge in [-0.2, -0.15) is 0 Å². The highest BCUT2D eigenvalue weighted by Crippen LogP contribution is 2.28. The van der Waals surface area contributed by atoms with Crippen molar-refractivity contribution in [2.45, 2.75) is 6.92 Å². The highest BCUT2D eigenvalue weighted by Gasteiger charge is 2.21. The number of anilines is 2. The fourth-order valence-electron chi connectivity index (χ4n) is 2.81. The van der Waals surface area contributed by atoms with Gasteiger partial charge in [0.05, 0.1) is 10.5 Å². The molecule has 140 valence electrons. The molecule has 3 rings (SSSR count). The van der Waals surface area contributed by atoms with Gasteiger partial charge in [0.25, 0.3) is 11.6 Å². The Labute approximate surface area is 161 Å². The Bertz CT molecular complexity index is 1080. The predicted octanol–water partition coefficient (Wildman–Crippen LogP) is 3.97. The molecular weight excluding hydrogens is 358 g/mol. The third kappa shape index (κ3) is 3.88. The number of carbonyl (C=O) groups excluding carboxylic acids is 2. The van der Waals surface area contributed by atoms with E-state index in [0.29, 0.717) is 22.4 Å². The molecule has 0 aliphatic heterocycles. The van der Waals surface area contributed by atoms with Crippen LogP contribution >= 0.6 is 0 Å². The number of nitrogens with two attached hydrogens (primary N) is 1. The summed E-state index contributed by atoms with van der Waals surface area (Å²) >= 11 is 0. The number of ketones is 1. The largest absolute Gasteiger partial charge is 0.393 e. The first-order chi connectivity index (χ1) is 13.4. The van der Waals surface area contributed by atoms with Crippen LogP contribution in [0, 0.1) is 17.0 Å². The molecule has 0 aliphatic carbocycles. The first-order valence-corrected chi connectivity index (χ1v) is 8.42. The van der Waals surface area contributed by atoms with Crippen molar-refractivity contribution in [2.75, 3.05) is 11.1 Å². The van der Waals surface area contributed by atoms with Crippen molar-refractivity contribution in [1.82, 2.24) is 0 Å². The third-order valence-corrected chi connectivity index (χ3v) is 4.16. The van der Waals surface area contributed by atoms with Crippen molar-refractivity contribution in [3.05, 3.63) is 99.1 Å². The maximum atomic E-state index is 12.6. The fraction of sp³-hybridized carbons (Fsp3) is 0.0476. The summed E-state index contributed by atoms with van der Waals surface area (Å²) < 4.78 is 0. The summed E-state index contributed by atoms with van der Waals surface area (Å²) in [6, 6.07) is 18.0. The SMILES string of the molecule is Cc1cc(C(=O)Nc2cccc(C(=O)c3ccccc3)c2)c(N)c([N+](=O)[O-])c1. The maximum Gasteiger partial charge on any atom is 0.293 e. The molecule has 0 fully saturated rings. The van der Waals surface area contributed by atoms with Gasteiger partial charge in [0, 0.05) is 22.9 Å². The zero-order chi connectivity index (χ0) is 20.3. The summed E-state index contributed by atoms with van der Waals surface area (Å²) in [4.78, 5) is 35.7. The minimum absolute atomic E-state index is 0.00601. The second kappa shape index (κ2) is 7.71. The van der Waals surface area contributed by atoms with Gasteiger partial charge >= 0.3 is 0 Å². The zero-order valence-electron chi connectivity index (χ0n) is 15.0. The van der Waals surface area contributed by atoms with E-state index in [1.807, 2.05) is 6.07 Å². The summed E-state index contributed by atoms with van der Waals surface area (Å²) in [5.74, 6) is -0.768. The molecule has 0 aromatic heterocycles. The molecule has 0 heterocycles. The van der Waals surface area contributed by atoms with Gasteiger partial charge in [-0.1, -0.05) is 42.5 Å². The summed E-state index contributed by atoms with van der Waals surface area (Å²) in [5, 5.41) is 13.8. The van der Waals surface area contributed by atoms with Gasteiger partial charge in [-0.05, 0) is 30.7 Å². The molecule has 0 radical (unpaired) electrons. The lowest BCUT2D eigenvalue weighted by Crippen LogP contribution is -2.15. The van der Waals surface area contributed by atoms with Crippen LogP contribution in [0.1, 0.15) is 31.8 Å². The first-order valence-electron chi connectivity index (χ1n) is 8.42.